The number of aromatic nitrogens is 1. The van der Waals surface area contributed by atoms with Crippen LogP contribution in [0.1, 0.15) is 71.9 Å². The number of aromatic amines is 1. The third kappa shape index (κ3) is 5.36. The van der Waals surface area contributed by atoms with Gasteiger partial charge in [-0.1, -0.05) is 6.42 Å². The number of hydrogen-bond donors (Lipinski definition) is 3. The minimum absolute atomic E-state index is 0.0353. The van der Waals surface area contributed by atoms with E-state index < -0.39 is 46.5 Å². The van der Waals surface area contributed by atoms with Crippen LogP contribution in [0.15, 0.2) is 12.1 Å². The fourth-order valence-electron chi connectivity index (χ4n) is 5.98. The Balaban J connectivity index is 1.45. The number of carbonyl (C=O) groups excluding carboxylic acids is 3. The first-order valence-electron chi connectivity index (χ1n) is 13.4. The van der Waals surface area contributed by atoms with Gasteiger partial charge in [-0.25, -0.2) is 4.39 Å². The summed E-state index contributed by atoms with van der Waals surface area (Å²) >= 11 is 0. The van der Waals surface area contributed by atoms with Gasteiger partial charge < -0.3 is 25.4 Å². The quantitative estimate of drug-likeness (QED) is 0.361. The highest BCUT2D eigenvalue weighted by Crippen LogP contribution is 2.41. The van der Waals surface area contributed by atoms with Gasteiger partial charge in [0.25, 0.3) is 11.8 Å². The molecule has 2 aromatic rings. The molecule has 8 nitrogen and oxygen atoms in total. The molecule has 4 heterocycles. The maximum absolute atomic E-state index is 14.6. The van der Waals surface area contributed by atoms with E-state index in [2.05, 4.69) is 20.5 Å². The Morgan fingerprint density at radius 2 is 1.75 bits per heavy atom. The average molecular weight is 562 g/mol. The first-order valence-corrected chi connectivity index (χ1v) is 13.4. The summed E-state index contributed by atoms with van der Waals surface area (Å²) in [5, 5.41) is 4.80. The number of halogens is 4. The molecule has 40 heavy (non-hydrogen) atoms. The van der Waals surface area contributed by atoms with Crippen LogP contribution in [0.4, 0.5) is 28.9 Å². The lowest BCUT2D eigenvalue weighted by molar-refractivity contribution is -0.138. The number of nitrogens with one attached hydrogen (secondary N) is 3. The molecule has 12 heteroatoms. The second-order valence-corrected chi connectivity index (χ2v) is 10.6. The third-order valence-corrected chi connectivity index (χ3v) is 7.86. The minimum atomic E-state index is -4.90. The molecule has 0 saturated carbocycles. The van der Waals surface area contributed by atoms with Crippen molar-refractivity contribution in [2.45, 2.75) is 58.2 Å². The molecule has 3 amide bonds. The van der Waals surface area contributed by atoms with E-state index in [1.807, 2.05) is 0 Å². The zero-order chi connectivity index (χ0) is 28.8. The molecule has 2 saturated heterocycles. The van der Waals surface area contributed by atoms with Crippen LogP contribution >= 0.6 is 0 Å². The topological polar surface area (TPSA) is 97.5 Å². The molecule has 2 fully saturated rings. The lowest BCUT2D eigenvalue weighted by atomic mass is 9.98. The Bertz CT molecular complexity index is 1380. The van der Waals surface area contributed by atoms with Crippen LogP contribution in [0, 0.1) is 12.7 Å². The SMILES string of the molecule is CC(=O)Nc1cc2c(cc1F)/C(=C/c1[nH]c(C)c(C(=O)N3CCC(N4CCCCC4)CC3)c1C(F)(F)F)C(=O)N2. The number of piperidine rings is 2. The second kappa shape index (κ2) is 10.7. The summed E-state index contributed by atoms with van der Waals surface area (Å²) in [6.45, 7) is 5.35. The van der Waals surface area contributed by atoms with Crippen molar-refractivity contribution in [2.75, 3.05) is 36.8 Å². The van der Waals surface area contributed by atoms with E-state index in [0.717, 1.165) is 38.1 Å². The highest BCUT2D eigenvalue weighted by molar-refractivity contribution is 6.35. The molecular weight excluding hydrogens is 530 g/mol. The average Bonchev–Trinajstić information content (AvgIpc) is 3.39. The summed E-state index contributed by atoms with van der Waals surface area (Å²) < 4.78 is 57.9. The van der Waals surface area contributed by atoms with E-state index >= 15 is 0 Å². The molecular formula is C28H31F4N5O3. The van der Waals surface area contributed by atoms with E-state index in [0.29, 0.717) is 32.0 Å². The maximum atomic E-state index is 14.6. The molecule has 1 aromatic heterocycles. The molecule has 5 rings (SSSR count). The lowest BCUT2D eigenvalue weighted by Gasteiger charge is -2.40. The zero-order valence-electron chi connectivity index (χ0n) is 22.3. The van der Waals surface area contributed by atoms with Gasteiger partial charge in [0.05, 0.1) is 33.8 Å². The van der Waals surface area contributed by atoms with Gasteiger partial charge in [0.2, 0.25) is 5.91 Å². The van der Waals surface area contributed by atoms with Crippen molar-refractivity contribution in [1.82, 2.24) is 14.8 Å². The predicted octanol–water partition coefficient (Wildman–Crippen LogP) is 5.02. The summed E-state index contributed by atoms with van der Waals surface area (Å²) in [6, 6.07) is 2.51. The van der Waals surface area contributed by atoms with Crippen molar-refractivity contribution in [3.8, 4) is 0 Å². The molecule has 214 valence electrons. The van der Waals surface area contributed by atoms with Crippen molar-refractivity contribution in [2.24, 2.45) is 0 Å². The number of fused-ring (bicyclic) bond motifs is 1. The van der Waals surface area contributed by atoms with Crippen molar-refractivity contribution in [3.63, 3.8) is 0 Å². The number of rotatable bonds is 4. The van der Waals surface area contributed by atoms with Gasteiger partial charge in [-0.2, -0.15) is 13.2 Å². The first kappa shape index (κ1) is 27.9. The first-order chi connectivity index (χ1) is 18.9. The Labute approximate surface area is 228 Å². The molecule has 0 bridgehead atoms. The van der Waals surface area contributed by atoms with Crippen LogP contribution in [0.2, 0.25) is 0 Å². The Morgan fingerprint density at radius 3 is 2.38 bits per heavy atom. The van der Waals surface area contributed by atoms with E-state index in [4.69, 9.17) is 0 Å². The van der Waals surface area contributed by atoms with Crippen LogP contribution in [-0.2, 0) is 15.8 Å². The summed E-state index contributed by atoms with van der Waals surface area (Å²) in [5.41, 5.74) is -2.23. The molecule has 1 aromatic carbocycles. The number of hydrogen-bond acceptors (Lipinski definition) is 4. The van der Waals surface area contributed by atoms with Crippen molar-refractivity contribution in [3.05, 3.63) is 46.0 Å². The van der Waals surface area contributed by atoms with E-state index in [9.17, 15) is 31.9 Å². The van der Waals surface area contributed by atoms with Crippen LogP contribution in [0.3, 0.4) is 0 Å². The maximum Gasteiger partial charge on any atom is 0.419 e. The Kier molecular flexibility index (Phi) is 7.47. The van der Waals surface area contributed by atoms with Crippen LogP contribution in [0.25, 0.3) is 11.6 Å². The van der Waals surface area contributed by atoms with E-state index in [1.54, 1.807) is 0 Å². The highest BCUT2D eigenvalue weighted by atomic mass is 19.4. The summed E-state index contributed by atoms with van der Waals surface area (Å²) in [5.74, 6) is -2.81. The summed E-state index contributed by atoms with van der Waals surface area (Å²) in [4.78, 5) is 44.1. The van der Waals surface area contributed by atoms with E-state index in [1.165, 1.54) is 31.2 Å². The molecule has 0 unspecified atom stereocenters. The number of alkyl halides is 3. The van der Waals surface area contributed by atoms with Crippen LogP contribution in [0.5, 0.6) is 0 Å². The number of nitrogens with zero attached hydrogens (tertiary/aromatic N) is 2. The Morgan fingerprint density at radius 1 is 1.07 bits per heavy atom. The predicted molar refractivity (Wildman–Crippen MR) is 142 cm³/mol. The minimum Gasteiger partial charge on any atom is -0.358 e. The number of anilines is 2. The van der Waals surface area contributed by atoms with E-state index in [-0.39, 0.29) is 28.2 Å². The van der Waals surface area contributed by atoms with Crippen molar-refractivity contribution >= 4 is 40.7 Å². The number of H-pyrrole nitrogens is 1. The molecule has 3 N–H and O–H groups in total. The van der Waals surface area contributed by atoms with Crippen molar-refractivity contribution < 1.29 is 31.9 Å². The van der Waals surface area contributed by atoms with Crippen LogP contribution in [-0.4, -0.2) is 64.7 Å². The number of amides is 3. The third-order valence-electron chi connectivity index (χ3n) is 7.86. The van der Waals surface area contributed by atoms with Crippen LogP contribution < -0.4 is 10.6 Å². The van der Waals surface area contributed by atoms with Gasteiger partial charge in [0.1, 0.15) is 5.82 Å². The number of likely N-dealkylation sites (tertiary alicyclic amines) is 2. The Hall–Kier alpha value is -3.67. The standard InChI is InChI=1S/C28H31F4N5O3/c1-15-24(27(40)37-10-6-17(7-11-37)36-8-4-3-5-9-36)25(28(30,31)32)23(33-15)13-19-18-12-20(29)22(34-16(2)38)14-21(18)35-26(19)39/h12-14,17,33H,3-11H2,1-2H3,(H,34,38)(H,35,39)/b19-13-. The molecule has 0 radical (unpaired) electrons. The molecule has 3 aliphatic heterocycles. The summed E-state index contributed by atoms with van der Waals surface area (Å²) in [7, 11) is 0. The number of carbonyl (C=O) groups is 3. The second-order valence-electron chi connectivity index (χ2n) is 10.6. The van der Waals surface area contributed by atoms with Gasteiger partial charge in [-0.15, -0.1) is 0 Å². The fourth-order valence-corrected chi connectivity index (χ4v) is 5.98. The molecule has 0 spiro atoms. The zero-order valence-corrected chi connectivity index (χ0v) is 22.3. The number of benzene rings is 1. The van der Waals surface area contributed by atoms with Gasteiger partial charge >= 0.3 is 6.18 Å². The monoisotopic (exact) mass is 561 g/mol. The smallest absolute Gasteiger partial charge is 0.358 e. The van der Waals surface area contributed by atoms with Gasteiger partial charge in [-0.05, 0) is 63.9 Å². The van der Waals surface area contributed by atoms with Gasteiger partial charge in [0, 0.05) is 37.3 Å². The lowest BCUT2D eigenvalue weighted by Crippen LogP contribution is -2.48. The largest absolute Gasteiger partial charge is 0.419 e. The van der Waals surface area contributed by atoms with Gasteiger partial charge in [0.15, 0.2) is 0 Å². The molecule has 0 aliphatic carbocycles. The summed E-state index contributed by atoms with van der Waals surface area (Å²) in [6.07, 6.45) is 0.994. The van der Waals surface area contributed by atoms with Crippen molar-refractivity contribution in [1.29, 1.82) is 0 Å². The molecule has 0 atom stereocenters. The normalized spacial score (nSPS) is 19.6. The highest BCUT2D eigenvalue weighted by Gasteiger charge is 2.42. The number of aryl methyl sites for hydroxylation is 1. The van der Waals surface area contributed by atoms with Gasteiger partial charge in [-0.3, -0.25) is 14.4 Å². The molecule has 3 aliphatic rings. The fraction of sp³-hybridized carbons (Fsp3) is 0.464.